The Morgan fingerprint density at radius 1 is 1.08 bits per heavy atom. The zero-order chi connectivity index (χ0) is 18.3. The van der Waals surface area contributed by atoms with Gasteiger partial charge in [-0.15, -0.1) is 0 Å². The largest absolute Gasteiger partial charge is 0.468 e. The van der Waals surface area contributed by atoms with Crippen molar-refractivity contribution < 1.29 is 19.1 Å². The van der Waals surface area contributed by atoms with Crippen LogP contribution in [0.3, 0.4) is 0 Å². The number of rotatable bonds is 3. The molecule has 0 bridgehead atoms. The van der Waals surface area contributed by atoms with Crippen LogP contribution in [-0.4, -0.2) is 35.2 Å². The van der Waals surface area contributed by atoms with Gasteiger partial charge in [-0.05, 0) is 46.7 Å². The van der Waals surface area contributed by atoms with Gasteiger partial charge in [0.05, 0.1) is 7.11 Å². The van der Waals surface area contributed by atoms with Crippen LogP contribution < -0.4 is 0 Å². The van der Waals surface area contributed by atoms with E-state index in [0.717, 1.165) is 16.3 Å². The maximum absolute atomic E-state index is 12.7. The van der Waals surface area contributed by atoms with Crippen molar-refractivity contribution in [2.45, 2.75) is 12.1 Å². The number of ketones is 1. The molecule has 0 unspecified atom stereocenters. The van der Waals surface area contributed by atoms with Crippen LogP contribution in [0.4, 0.5) is 0 Å². The van der Waals surface area contributed by atoms with Crippen LogP contribution in [0.2, 0.25) is 0 Å². The van der Waals surface area contributed by atoms with Gasteiger partial charge in [0.15, 0.2) is 11.7 Å². The molecule has 1 aliphatic carbocycles. The Labute approximate surface area is 150 Å². The van der Waals surface area contributed by atoms with E-state index in [2.05, 4.69) is 0 Å². The molecule has 0 aromatic heterocycles. The van der Waals surface area contributed by atoms with Gasteiger partial charge in [0.1, 0.15) is 5.54 Å². The summed E-state index contributed by atoms with van der Waals surface area (Å²) < 4.78 is 4.80. The average molecular weight is 347 g/mol. The van der Waals surface area contributed by atoms with E-state index in [1.165, 1.54) is 19.3 Å². The molecule has 1 aliphatic heterocycles. The van der Waals surface area contributed by atoms with Gasteiger partial charge in [0.2, 0.25) is 5.91 Å². The zero-order valence-electron chi connectivity index (χ0n) is 14.2. The van der Waals surface area contributed by atoms with Crippen LogP contribution in [0, 0.1) is 5.92 Å². The van der Waals surface area contributed by atoms with Gasteiger partial charge in [-0.25, -0.2) is 0 Å². The highest BCUT2D eigenvalue weighted by Gasteiger charge is 2.61. The number of fused-ring (bicyclic) bond motifs is 1. The number of β-lactam (4-membered cyclic amide) rings is 1. The molecule has 1 fully saturated rings. The summed E-state index contributed by atoms with van der Waals surface area (Å²) in [6.45, 7) is 0.347. The van der Waals surface area contributed by atoms with Gasteiger partial charge in [-0.2, -0.15) is 0 Å². The number of hydrogen-bond acceptors (Lipinski definition) is 4. The van der Waals surface area contributed by atoms with Crippen molar-refractivity contribution in [3.63, 3.8) is 0 Å². The molecular formula is C21H17NO4. The lowest BCUT2D eigenvalue weighted by Crippen LogP contribution is -2.71. The van der Waals surface area contributed by atoms with Crippen LogP contribution in [0.5, 0.6) is 0 Å². The van der Waals surface area contributed by atoms with E-state index in [-0.39, 0.29) is 11.7 Å². The molecule has 1 amide bonds. The maximum atomic E-state index is 12.7. The first-order valence-electron chi connectivity index (χ1n) is 8.34. The number of amides is 1. The van der Waals surface area contributed by atoms with E-state index in [4.69, 9.17) is 4.74 Å². The van der Waals surface area contributed by atoms with E-state index in [0.29, 0.717) is 6.54 Å². The third-order valence-electron chi connectivity index (χ3n) is 5.06. The van der Waals surface area contributed by atoms with Gasteiger partial charge in [0.25, 0.3) is 0 Å². The first-order valence-corrected chi connectivity index (χ1v) is 8.34. The first-order chi connectivity index (χ1) is 12.5. The summed E-state index contributed by atoms with van der Waals surface area (Å²) in [5, 5.41) is 2.21. The van der Waals surface area contributed by atoms with E-state index in [1.54, 1.807) is 17.1 Å². The Morgan fingerprint density at radius 3 is 2.46 bits per heavy atom. The van der Waals surface area contributed by atoms with Crippen molar-refractivity contribution in [2.75, 3.05) is 7.11 Å². The molecule has 1 atom stereocenters. The number of likely N-dealkylation sites (tertiary alicyclic amines) is 1. The second kappa shape index (κ2) is 5.95. The molecule has 5 nitrogen and oxygen atoms in total. The third kappa shape index (κ3) is 2.36. The molecule has 0 radical (unpaired) electrons. The first kappa shape index (κ1) is 16.3. The highest BCUT2D eigenvalue weighted by molar-refractivity contribution is 6.09. The lowest BCUT2D eigenvalue weighted by molar-refractivity contribution is -0.176. The SMILES string of the molecule is COC(=O)[C@H]1C(=O)N(Cc2ccc3ccccc3c2)C12C=CC(=O)C=C2. The Bertz CT molecular complexity index is 972. The minimum Gasteiger partial charge on any atom is -0.468 e. The number of esters is 1. The zero-order valence-corrected chi connectivity index (χ0v) is 14.2. The van der Waals surface area contributed by atoms with Crippen LogP contribution >= 0.6 is 0 Å². The molecule has 2 aromatic carbocycles. The fourth-order valence-corrected chi connectivity index (χ4v) is 3.69. The van der Waals surface area contributed by atoms with E-state index in [9.17, 15) is 14.4 Å². The molecule has 1 spiro atoms. The van der Waals surface area contributed by atoms with Crippen LogP contribution in [0.1, 0.15) is 5.56 Å². The van der Waals surface area contributed by atoms with E-state index >= 15 is 0 Å². The quantitative estimate of drug-likeness (QED) is 0.486. The number of carbonyl (C=O) groups is 3. The summed E-state index contributed by atoms with van der Waals surface area (Å²) in [5.41, 5.74) is 0.0161. The van der Waals surface area contributed by atoms with Crippen molar-refractivity contribution in [1.29, 1.82) is 0 Å². The number of ether oxygens (including phenoxy) is 1. The second-order valence-electron chi connectivity index (χ2n) is 6.52. The van der Waals surface area contributed by atoms with Crippen LogP contribution in [-0.2, 0) is 25.7 Å². The summed E-state index contributed by atoms with van der Waals surface area (Å²) in [7, 11) is 1.26. The van der Waals surface area contributed by atoms with Crippen LogP contribution in [0.25, 0.3) is 10.8 Å². The highest BCUT2D eigenvalue weighted by atomic mass is 16.5. The number of allylic oxidation sites excluding steroid dienone is 2. The Kier molecular flexibility index (Phi) is 3.72. The molecule has 2 aliphatic rings. The monoisotopic (exact) mass is 347 g/mol. The van der Waals surface area contributed by atoms with Crippen LogP contribution in [0.15, 0.2) is 66.8 Å². The van der Waals surface area contributed by atoms with Gasteiger partial charge in [-0.3, -0.25) is 14.4 Å². The Balaban J connectivity index is 1.69. The summed E-state index contributed by atoms with van der Waals surface area (Å²) in [6, 6.07) is 14.0. The fourth-order valence-electron chi connectivity index (χ4n) is 3.69. The van der Waals surface area contributed by atoms with Gasteiger partial charge < -0.3 is 9.64 Å². The minimum atomic E-state index is -0.950. The fraction of sp³-hybridized carbons (Fsp3) is 0.190. The Morgan fingerprint density at radius 2 is 1.77 bits per heavy atom. The number of benzene rings is 2. The van der Waals surface area contributed by atoms with Crippen molar-refractivity contribution >= 4 is 28.4 Å². The number of methoxy groups -OCH3 is 1. The minimum absolute atomic E-state index is 0.163. The summed E-state index contributed by atoms with van der Waals surface area (Å²) in [6.07, 6.45) is 6.05. The molecule has 130 valence electrons. The smallest absolute Gasteiger partial charge is 0.321 e. The maximum Gasteiger partial charge on any atom is 0.321 e. The molecular weight excluding hydrogens is 330 g/mol. The van der Waals surface area contributed by atoms with Crippen molar-refractivity contribution in [3.05, 3.63) is 72.3 Å². The van der Waals surface area contributed by atoms with E-state index in [1.807, 2.05) is 42.5 Å². The molecule has 0 saturated carbocycles. The molecule has 26 heavy (non-hydrogen) atoms. The van der Waals surface area contributed by atoms with Crippen molar-refractivity contribution in [2.24, 2.45) is 5.92 Å². The standard InChI is InChI=1S/C21H17NO4/c1-26-20(25)18-19(24)22(21(18)10-8-17(23)9-11-21)13-14-6-7-15-4-2-3-5-16(15)12-14/h2-12,18H,13H2,1H3/t18-/m1/s1. The molecule has 4 rings (SSSR count). The molecule has 1 heterocycles. The summed E-state index contributed by atoms with van der Waals surface area (Å²) >= 11 is 0. The molecule has 5 heteroatoms. The average Bonchev–Trinajstić information content (AvgIpc) is 2.67. The second-order valence-corrected chi connectivity index (χ2v) is 6.52. The van der Waals surface area contributed by atoms with Gasteiger partial charge in [0, 0.05) is 6.54 Å². The lowest BCUT2D eigenvalue weighted by atomic mass is 9.70. The third-order valence-corrected chi connectivity index (χ3v) is 5.06. The topological polar surface area (TPSA) is 63.7 Å². The van der Waals surface area contributed by atoms with Crippen molar-refractivity contribution in [1.82, 2.24) is 4.90 Å². The number of hydrogen-bond donors (Lipinski definition) is 0. The molecule has 0 N–H and O–H groups in total. The van der Waals surface area contributed by atoms with Gasteiger partial charge in [-0.1, -0.05) is 36.4 Å². The number of nitrogens with zero attached hydrogens (tertiary/aromatic N) is 1. The van der Waals surface area contributed by atoms with Gasteiger partial charge >= 0.3 is 5.97 Å². The van der Waals surface area contributed by atoms with Crippen molar-refractivity contribution in [3.8, 4) is 0 Å². The summed E-state index contributed by atoms with van der Waals surface area (Å²) in [5.74, 6) is -2.00. The molecule has 1 saturated heterocycles. The lowest BCUT2D eigenvalue weighted by Gasteiger charge is -2.53. The summed E-state index contributed by atoms with van der Waals surface area (Å²) in [4.78, 5) is 37.9. The predicted molar refractivity (Wildman–Crippen MR) is 96.0 cm³/mol. The number of carbonyl (C=O) groups excluding carboxylic acids is 3. The Hall–Kier alpha value is -3.21. The van der Waals surface area contributed by atoms with E-state index < -0.39 is 17.4 Å². The highest BCUT2D eigenvalue weighted by Crippen LogP contribution is 2.43. The molecule has 2 aromatic rings. The normalized spacial score (nSPS) is 20.5. The predicted octanol–water partition coefficient (Wildman–Crippen LogP) is 2.41.